The zero-order valence-electron chi connectivity index (χ0n) is 11.4. The summed E-state index contributed by atoms with van der Waals surface area (Å²) < 4.78 is 6.91. The molecule has 20 heavy (non-hydrogen) atoms. The molecule has 0 unspecified atom stereocenters. The minimum atomic E-state index is 0.511. The SMILES string of the molecule is NCc1cc(OCc2ccc3c(c2)CCC3)ccc1Br. The molecular formula is C17H18BrNO. The van der Waals surface area contributed by atoms with Crippen LogP contribution in [0.5, 0.6) is 5.75 Å². The van der Waals surface area contributed by atoms with Crippen molar-refractivity contribution in [3.05, 3.63) is 63.1 Å². The third-order valence-electron chi connectivity index (χ3n) is 3.81. The molecule has 3 rings (SSSR count). The van der Waals surface area contributed by atoms with Gasteiger partial charge in [-0.05, 0) is 59.7 Å². The predicted octanol–water partition coefficient (Wildman–Crippen LogP) is 3.98. The van der Waals surface area contributed by atoms with Gasteiger partial charge in [0.25, 0.3) is 0 Å². The number of hydrogen-bond donors (Lipinski definition) is 1. The largest absolute Gasteiger partial charge is 0.489 e. The molecule has 2 aromatic rings. The van der Waals surface area contributed by atoms with E-state index in [1.54, 1.807) is 0 Å². The molecule has 0 saturated carbocycles. The molecule has 2 nitrogen and oxygen atoms in total. The fourth-order valence-corrected chi connectivity index (χ4v) is 3.09. The molecule has 0 atom stereocenters. The fourth-order valence-electron chi connectivity index (χ4n) is 2.68. The normalized spacial score (nSPS) is 13.3. The number of nitrogens with two attached hydrogens (primary N) is 1. The molecule has 0 heterocycles. The molecular weight excluding hydrogens is 314 g/mol. The molecule has 0 amide bonds. The van der Waals surface area contributed by atoms with Crippen LogP contribution < -0.4 is 10.5 Å². The van der Waals surface area contributed by atoms with Crippen molar-refractivity contribution in [2.75, 3.05) is 0 Å². The molecule has 0 radical (unpaired) electrons. The van der Waals surface area contributed by atoms with Gasteiger partial charge in [-0.2, -0.15) is 0 Å². The van der Waals surface area contributed by atoms with Gasteiger partial charge in [0, 0.05) is 11.0 Å². The zero-order valence-corrected chi connectivity index (χ0v) is 12.9. The van der Waals surface area contributed by atoms with Gasteiger partial charge in [-0.1, -0.05) is 34.1 Å². The lowest BCUT2D eigenvalue weighted by Crippen LogP contribution is -2.00. The van der Waals surface area contributed by atoms with Crippen LogP contribution in [-0.4, -0.2) is 0 Å². The van der Waals surface area contributed by atoms with E-state index in [0.29, 0.717) is 13.2 Å². The van der Waals surface area contributed by atoms with Gasteiger partial charge in [0.05, 0.1) is 0 Å². The molecule has 3 heteroatoms. The Bertz CT molecular complexity index is 613. The Labute approximate surface area is 128 Å². The Morgan fingerprint density at radius 2 is 1.90 bits per heavy atom. The number of rotatable bonds is 4. The Balaban J connectivity index is 1.70. The lowest BCUT2D eigenvalue weighted by molar-refractivity contribution is 0.306. The maximum absolute atomic E-state index is 5.87. The van der Waals surface area contributed by atoms with Crippen molar-refractivity contribution in [3.63, 3.8) is 0 Å². The van der Waals surface area contributed by atoms with Crippen molar-refractivity contribution in [3.8, 4) is 5.75 Å². The van der Waals surface area contributed by atoms with Crippen molar-refractivity contribution in [2.45, 2.75) is 32.4 Å². The molecule has 0 fully saturated rings. The highest BCUT2D eigenvalue weighted by molar-refractivity contribution is 9.10. The van der Waals surface area contributed by atoms with E-state index in [1.165, 1.54) is 36.0 Å². The number of fused-ring (bicyclic) bond motifs is 1. The van der Waals surface area contributed by atoms with E-state index < -0.39 is 0 Å². The molecule has 0 bridgehead atoms. The molecule has 2 N–H and O–H groups in total. The fraction of sp³-hybridized carbons (Fsp3) is 0.294. The zero-order chi connectivity index (χ0) is 13.9. The van der Waals surface area contributed by atoms with Crippen LogP contribution in [-0.2, 0) is 26.0 Å². The average Bonchev–Trinajstić information content (AvgIpc) is 2.94. The summed E-state index contributed by atoms with van der Waals surface area (Å²) in [6.07, 6.45) is 3.72. The molecule has 0 spiro atoms. The van der Waals surface area contributed by atoms with Crippen LogP contribution >= 0.6 is 15.9 Å². The van der Waals surface area contributed by atoms with Gasteiger partial charge in [0.1, 0.15) is 12.4 Å². The summed E-state index contributed by atoms with van der Waals surface area (Å²) in [7, 11) is 0. The second-order valence-electron chi connectivity index (χ2n) is 5.20. The molecule has 0 aliphatic heterocycles. The molecule has 1 aliphatic rings. The second kappa shape index (κ2) is 5.98. The van der Waals surface area contributed by atoms with Gasteiger partial charge in [-0.3, -0.25) is 0 Å². The van der Waals surface area contributed by atoms with Crippen molar-refractivity contribution in [1.29, 1.82) is 0 Å². The third-order valence-corrected chi connectivity index (χ3v) is 4.58. The van der Waals surface area contributed by atoms with Gasteiger partial charge in [-0.25, -0.2) is 0 Å². The van der Waals surface area contributed by atoms with Crippen LogP contribution in [0.2, 0.25) is 0 Å². The number of benzene rings is 2. The first-order chi connectivity index (χ1) is 9.76. The Kier molecular flexibility index (Phi) is 4.08. The smallest absolute Gasteiger partial charge is 0.120 e. The van der Waals surface area contributed by atoms with E-state index in [2.05, 4.69) is 34.1 Å². The Morgan fingerprint density at radius 1 is 1.05 bits per heavy atom. The molecule has 0 saturated heterocycles. The van der Waals surface area contributed by atoms with Crippen molar-refractivity contribution in [1.82, 2.24) is 0 Å². The van der Waals surface area contributed by atoms with Crippen molar-refractivity contribution < 1.29 is 4.74 Å². The first kappa shape index (κ1) is 13.7. The minimum absolute atomic E-state index is 0.511. The van der Waals surface area contributed by atoms with Gasteiger partial charge in [0.15, 0.2) is 0 Å². The van der Waals surface area contributed by atoms with Crippen LogP contribution in [0.1, 0.15) is 28.7 Å². The maximum atomic E-state index is 5.87. The topological polar surface area (TPSA) is 35.2 Å². The lowest BCUT2D eigenvalue weighted by Gasteiger charge is -2.10. The van der Waals surface area contributed by atoms with Crippen molar-refractivity contribution >= 4 is 15.9 Å². The van der Waals surface area contributed by atoms with Gasteiger partial charge in [-0.15, -0.1) is 0 Å². The second-order valence-corrected chi connectivity index (χ2v) is 6.06. The third kappa shape index (κ3) is 2.89. The number of halogens is 1. The average molecular weight is 332 g/mol. The lowest BCUT2D eigenvalue weighted by atomic mass is 10.1. The van der Waals surface area contributed by atoms with E-state index >= 15 is 0 Å². The van der Waals surface area contributed by atoms with Gasteiger partial charge in [0.2, 0.25) is 0 Å². The van der Waals surface area contributed by atoms with Crippen molar-refractivity contribution in [2.24, 2.45) is 5.73 Å². The predicted molar refractivity (Wildman–Crippen MR) is 84.8 cm³/mol. The first-order valence-corrected chi connectivity index (χ1v) is 7.77. The summed E-state index contributed by atoms with van der Waals surface area (Å²) in [5.41, 5.74) is 11.0. The summed E-state index contributed by atoms with van der Waals surface area (Å²) >= 11 is 3.48. The van der Waals surface area contributed by atoms with Crippen LogP contribution in [0.3, 0.4) is 0 Å². The highest BCUT2D eigenvalue weighted by atomic mass is 79.9. The monoisotopic (exact) mass is 331 g/mol. The summed E-state index contributed by atoms with van der Waals surface area (Å²) in [6, 6.07) is 12.7. The number of ether oxygens (including phenoxy) is 1. The maximum Gasteiger partial charge on any atom is 0.120 e. The first-order valence-electron chi connectivity index (χ1n) is 6.98. The number of aryl methyl sites for hydroxylation is 2. The van der Waals surface area contributed by atoms with Crippen LogP contribution in [0.15, 0.2) is 40.9 Å². The quantitative estimate of drug-likeness (QED) is 0.919. The standard InChI is InChI=1S/C17H18BrNO/c18-17-7-6-16(9-15(17)10-19)20-11-12-4-5-13-2-1-3-14(13)8-12/h4-9H,1-3,10-11,19H2. The Hall–Kier alpha value is -1.32. The summed E-state index contributed by atoms with van der Waals surface area (Å²) in [5.74, 6) is 0.870. The van der Waals surface area contributed by atoms with E-state index in [1.807, 2.05) is 18.2 Å². The summed E-state index contributed by atoms with van der Waals surface area (Å²) in [5, 5.41) is 0. The minimum Gasteiger partial charge on any atom is -0.489 e. The summed E-state index contributed by atoms with van der Waals surface area (Å²) in [6.45, 7) is 1.12. The molecule has 0 aromatic heterocycles. The number of hydrogen-bond acceptors (Lipinski definition) is 2. The molecule has 1 aliphatic carbocycles. The molecule has 2 aromatic carbocycles. The van der Waals surface area contributed by atoms with Gasteiger partial charge < -0.3 is 10.5 Å². The van der Waals surface area contributed by atoms with Gasteiger partial charge >= 0.3 is 0 Å². The molecule has 104 valence electrons. The van der Waals surface area contributed by atoms with E-state index in [4.69, 9.17) is 10.5 Å². The van der Waals surface area contributed by atoms with E-state index in [0.717, 1.165) is 15.8 Å². The highest BCUT2D eigenvalue weighted by Gasteiger charge is 2.11. The highest BCUT2D eigenvalue weighted by Crippen LogP contribution is 2.25. The van der Waals surface area contributed by atoms with Crippen LogP contribution in [0.4, 0.5) is 0 Å². The summed E-state index contributed by atoms with van der Waals surface area (Å²) in [4.78, 5) is 0. The van der Waals surface area contributed by atoms with Crippen LogP contribution in [0.25, 0.3) is 0 Å². The van der Waals surface area contributed by atoms with E-state index in [-0.39, 0.29) is 0 Å². The van der Waals surface area contributed by atoms with E-state index in [9.17, 15) is 0 Å². The van der Waals surface area contributed by atoms with Crippen LogP contribution in [0, 0.1) is 0 Å². The Morgan fingerprint density at radius 3 is 2.75 bits per heavy atom.